The molecule has 1 spiro atoms. The van der Waals surface area contributed by atoms with Crippen molar-refractivity contribution < 1.29 is 14.3 Å². The van der Waals surface area contributed by atoms with Crippen LogP contribution in [0.2, 0.25) is 5.02 Å². The fourth-order valence-electron chi connectivity index (χ4n) is 4.67. The normalized spacial score (nSPS) is 30.6. The molecule has 0 saturated carbocycles. The first-order valence-electron chi connectivity index (χ1n) is 9.55. The van der Waals surface area contributed by atoms with Crippen LogP contribution in [0.4, 0.5) is 0 Å². The molecule has 1 aromatic heterocycles. The van der Waals surface area contributed by atoms with Gasteiger partial charge in [-0.15, -0.1) is 0 Å². The van der Waals surface area contributed by atoms with Gasteiger partial charge in [-0.2, -0.15) is 0 Å². The van der Waals surface area contributed by atoms with Gasteiger partial charge < -0.3 is 15.2 Å². The van der Waals surface area contributed by atoms with Crippen LogP contribution in [-0.4, -0.2) is 47.1 Å². The van der Waals surface area contributed by atoms with E-state index in [1.54, 1.807) is 19.4 Å². The summed E-state index contributed by atoms with van der Waals surface area (Å²) in [6.45, 7) is 2.53. The van der Waals surface area contributed by atoms with Gasteiger partial charge in [0.05, 0.1) is 5.02 Å². The SMILES string of the molecule is CN1C(=O)[C@]2(N=C1N)c1cc(-c3cncc(Cl)c3)ccc1O[C@]1(C)CCCO[C@H]12. The summed E-state index contributed by atoms with van der Waals surface area (Å²) in [5, 5.41) is 0.535. The van der Waals surface area contributed by atoms with Crippen molar-refractivity contribution in [2.24, 2.45) is 10.7 Å². The lowest BCUT2D eigenvalue weighted by molar-refractivity contribution is -0.175. The highest BCUT2D eigenvalue weighted by Gasteiger charge is 2.65. The number of pyridine rings is 1. The third kappa shape index (κ3) is 2.50. The maximum Gasteiger partial charge on any atom is 0.264 e. The Morgan fingerprint density at radius 1 is 1.28 bits per heavy atom. The van der Waals surface area contributed by atoms with Gasteiger partial charge in [0.25, 0.3) is 5.91 Å². The average Bonchev–Trinajstić information content (AvgIpc) is 2.92. The Morgan fingerprint density at radius 3 is 2.83 bits per heavy atom. The number of hydrogen-bond donors (Lipinski definition) is 1. The first-order valence-corrected chi connectivity index (χ1v) is 9.92. The molecule has 7 nitrogen and oxygen atoms in total. The van der Waals surface area contributed by atoms with Gasteiger partial charge >= 0.3 is 0 Å². The predicted molar refractivity (Wildman–Crippen MR) is 109 cm³/mol. The summed E-state index contributed by atoms with van der Waals surface area (Å²) in [5.74, 6) is 0.585. The van der Waals surface area contributed by atoms with Crippen LogP contribution >= 0.6 is 11.6 Å². The van der Waals surface area contributed by atoms with Crippen molar-refractivity contribution in [1.82, 2.24) is 9.88 Å². The molecule has 0 bridgehead atoms. The zero-order valence-electron chi connectivity index (χ0n) is 16.2. The molecule has 3 aliphatic rings. The third-order valence-electron chi connectivity index (χ3n) is 6.07. The van der Waals surface area contributed by atoms with Crippen LogP contribution in [0.3, 0.4) is 0 Å². The number of amides is 1. The first-order chi connectivity index (χ1) is 13.8. The molecule has 2 N–H and O–H groups in total. The summed E-state index contributed by atoms with van der Waals surface area (Å²) >= 11 is 6.12. The van der Waals surface area contributed by atoms with Gasteiger partial charge in [-0.3, -0.25) is 14.7 Å². The molecule has 4 heterocycles. The molecule has 29 heavy (non-hydrogen) atoms. The number of likely N-dealkylation sites (N-methyl/N-ethyl adjacent to an activating group) is 1. The summed E-state index contributed by atoms with van der Waals surface area (Å²) in [5.41, 5.74) is 6.50. The molecule has 8 heteroatoms. The van der Waals surface area contributed by atoms with Crippen molar-refractivity contribution in [2.75, 3.05) is 13.7 Å². The van der Waals surface area contributed by atoms with E-state index in [-0.39, 0.29) is 11.9 Å². The maximum atomic E-state index is 13.5. The van der Waals surface area contributed by atoms with Crippen LogP contribution < -0.4 is 10.5 Å². The summed E-state index contributed by atoms with van der Waals surface area (Å²) < 4.78 is 12.5. The fourth-order valence-corrected chi connectivity index (χ4v) is 4.84. The number of carbonyl (C=O) groups excluding carboxylic acids is 1. The van der Waals surface area contributed by atoms with E-state index in [1.807, 2.05) is 31.2 Å². The minimum atomic E-state index is -1.27. The van der Waals surface area contributed by atoms with Crippen LogP contribution in [0.15, 0.2) is 41.7 Å². The van der Waals surface area contributed by atoms with E-state index in [0.29, 0.717) is 22.9 Å². The summed E-state index contributed by atoms with van der Waals surface area (Å²) in [6, 6.07) is 7.55. The Labute approximate surface area is 173 Å². The molecule has 5 rings (SSSR count). The van der Waals surface area contributed by atoms with Crippen molar-refractivity contribution in [1.29, 1.82) is 0 Å². The van der Waals surface area contributed by atoms with Gasteiger partial charge in [0.1, 0.15) is 17.5 Å². The summed E-state index contributed by atoms with van der Waals surface area (Å²) in [7, 11) is 1.63. The molecule has 0 radical (unpaired) electrons. The Morgan fingerprint density at radius 2 is 2.10 bits per heavy atom. The minimum absolute atomic E-state index is 0.175. The molecule has 1 saturated heterocycles. The van der Waals surface area contributed by atoms with E-state index in [0.717, 1.165) is 24.0 Å². The zero-order valence-corrected chi connectivity index (χ0v) is 16.9. The molecular formula is C21H21ClN4O3. The van der Waals surface area contributed by atoms with Crippen LogP contribution in [0.5, 0.6) is 5.75 Å². The third-order valence-corrected chi connectivity index (χ3v) is 6.28. The van der Waals surface area contributed by atoms with Crippen molar-refractivity contribution in [2.45, 2.75) is 37.0 Å². The summed E-state index contributed by atoms with van der Waals surface area (Å²) in [6.07, 6.45) is 4.36. The fraction of sp³-hybridized carbons (Fsp3) is 0.381. The number of aromatic nitrogens is 1. The Kier molecular flexibility index (Phi) is 3.92. The molecule has 1 fully saturated rings. The highest BCUT2D eigenvalue weighted by molar-refractivity contribution is 6.30. The molecule has 3 atom stereocenters. The van der Waals surface area contributed by atoms with Crippen molar-refractivity contribution in [3.63, 3.8) is 0 Å². The second-order valence-corrected chi connectivity index (χ2v) is 8.41. The molecule has 0 unspecified atom stereocenters. The second-order valence-electron chi connectivity index (χ2n) is 7.97. The second kappa shape index (κ2) is 6.18. The van der Waals surface area contributed by atoms with E-state index in [4.69, 9.17) is 26.8 Å². The predicted octanol–water partition coefficient (Wildman–Crippen LogP) is 2.71. The molecule has 3 aliphatic heterocycles. The zero-order chi connectivity index (χ0) is 20.4. The van der Waals surface area contributed by atoms with Crippen LogP contribution in [0, 0.1) is 0 Å². The topological polar surface area (TPSA) is 90.0 Å². The molecular weight excluding hydrogens is 392 g/mol. The molecule has 2 aromatic rings. The quantitative estimate of drug-likeness (QED) is 0.777. The van der Waals surface area contributed by atoms with Gasteiger partial charge in [0.2, 0.25) is 5.54 Å². The lowest BCUT2D eigenvalue weighted by Gasteiger charge is -2.51. The average molecular weight is 413 g/mol. The molecule has 150 valence electrons. The van der Waals surface area contributed by atoms with Crippen LogP contribution in [-0.2, 0) is 15.1 Å². The highest BCUT2D eigenvalue weighted by atomic mass is 35.5. The Balaban J connectivity index is 1.76. The van der Waals surface area contributed by atoms with E-state index in [2.05, 4.69) is 9.98 Å². The van der Waals surface area contributed by atoms with Crippen LogP contribution in [0.1, 0.15) is 25.3 Å². The number of benzene rings is 1. The van der Waals surface area contributed by atoms with E-state index >= 15 is 0 Å². The van der Waals surface area contributed by atoms with Gasteiger partial charge in [-0.1, -0.05) is 17.7 Å². The van der Waals surface area contributed by atoms with Gasteiger partial charge in [-0.05, 0) is 43.5 Å². The maximum absolute atomic E-state index is 13.5. The number of carbonyl (C=O) groups is 1. The molecule has 0 aliphatic carbocycles. The van der Waals surface area contributed by atoms with Gasteiger partial charge in [0, 0.05) is 37.2 Å². The Bertz CT molecular complexity index is 1060. The lowest BCUT2D eigenvalue weighted by Crippen LogP contribution is -2.64. The number of ether oxygens (including phenoxy) is 2. The highest BCUT2D eigenvalue weighted by Crippen LogP contribution is 2.53. The van der Waals surface area contributed by atoms with Crippen molar-refractivity contribution >= 4 is 23.5 Å². The molecule has 1 amide bonds. The number of nitrogens with zero attached hydrogens (tertiary/aromatic N) is 3. The number of hydrogen-bond acceptors (Lipinski definition) is 6. The van der Waals surface area contributed by atoms with Crippen molar-refractivity contribution in [3.05, 3.63) is 47.2 Å². The monoisotopic (exact) mass is 412 g/mol. The van der Waals surface area contributed by atoms with Crippen LogP contribution in [0.25, 0.3) is 11.1 Å². The number of rotatable bonds is 1. The minimum Gasteiger partial charge on any atom is -0.484 e. The number of guanidine groups is 1. The van der Waals surface area contributed by atoms with E-state index < -0.39 is 17.2 Å². The lowest BCUT2D eigenvalue weighted by atomic mass is 9.71. The van der Waals surface area contributed by atoms with Gasteiger partial charge in [0.15, 0.2) is 5.96 Å². The van der Waals surface area contributed by atoms with Crippen molar-refractivity contribution in [3.8, 4) is 16.9 Å². The Hall–Kier alpha value is -2.64. The van der Waals surface area contributed by atoms with E-state index in [1.165, 1.54) is 4.90 Å². The number of fused-ring (bicyclic) bond motifs is 4. The number of halogens is 1. The standard InChI is InChI=1S/C21H21ClN4O3/c1-20-6-3-7-28-17(20)21(18(27)26(2)19(23)25-21)15-9-12(4-5-16(15)29-20)13-8-14(22)11-24-10-13/h4-5,8-11,17H,3,6-7H2,1-2H3,(H2,23,25)/t17-,20-,21+/m1/s1. The molecule has 1 aromatic carbocycles. The number of aliphatic imine (C=N–C) groups is 1. The summed E-state index contributed by atoms with van der Waals surface area (Å²) in [4.78, 5) is 23.8. The van der Waals surface area contributed by atoms with E-state index in [9.17, 15) is 4.79 Å². The first kappa shape index (κ1) is 18.4. The largest absolute Gasteiger partial charge is 0.484 e. The van der Waals surface area contributed by atoms with Gasteiger partial charge in [-0.25, -0.2) is 4.99 Å². The number of nitrogens with two attached hydrogens (primary N) is 1. The smallest absolute Gasteiger partial charge is 0.264 e.